The molecule has 0 atom stereocenters. The molecule has 0 fully saturated rings. The van der Waals surface area contributed by atoms with E-state index >= 15 is 0 Å². The van der Waals surface area contributed by atoms with E-state index in [1.54, 1.807) is 18.5 Å². The Labute approximate surface area is 106 Å². The van der Waals surface area contributed by atoms with Crippen molar-refractivity contribution >= 4 is 11.4 Å². The van der Waals surface area contributed by atoms with Crippen molar-refractivity contribution in [2.75, 3.05) is 11.9 Å². The minimum Gasteiger partial charge on any atom is -0.494 e. The van der Waals surface area contributed by atoms with Crippen molar-refractivity contribution in [1.82, 2.24) is 4.98 Å². The highest BCUT2D eigenvalue weighted by Gasteiger charge is 2.02. The third-order valence-corrected chi connectivity index (χ3v) is 2.37. The molecule has 1 N–H and O–H groups in total. The quantitative estimate of drug-likeness (QED) is 0.890. The molecular formula is C14H13N3O. The van der Waals surface area contributed by atoms with Gasteiger partial charge in [-0.25, -0.2) is 0 Å². The first-order chi connectivity index (χ1) is 8.83. The summed E-state index contributed by atoms with van der Waals surface area (Å²) in [6, 6.07) is 11.4. The molecule has 0 saturated heterocycles. The number of hydrogen-bond donors (Lipinski definition) is 1. The molecule has 4 nitrogen and oxygen atoms in total. The van der Waals surface area contributed by atoms with Crippen molar-refractivity contribution in [3.8, 4) is 11.8 Å². The normalized spacial score (nSPS) is 9.56. The Morgan fingerprint density at radius 3 is 3.06 bits per heavy atom. The van der Waals surface area contributed by atoms with Gasteiger partial charge in [-0.15, -0.1) is 0 Å². The molecule has 0 saturated carbocycles. The minimum atomic E-state index is 0.562. The first kappa shape index (κ1) is 11.9. The second-order valence-corrected chi connectivity index (χ2v) is 3.62. The standard InChI is InChI=1S/C14H13N3O/c1-2-18-13-5-3-4-12(8-13)17-14-10-16-7-6-11(14)9-15/h3-8,10,17H,2H2,1H3. The zero-order valence-electron chi connectivity index (χ0n) is 10.1. The fourth-order valence-electron chi connectivity index (χ4n) is 1.58. The second kappa shape index (κ2) is 5.69. The van der Waals surface area contributed by atoms with Crippen LogP contribution in [0, 0.1) is 11.3 Å². The summed E-state index contributed by atoms with van der Waals surface area (Å²) in [6.07, 6.45) is 3.23. The molecule has 0 aliphatic heterocycles. The molecule has 1 heterocycles. The maximum absolute atomic E-state index is 8.99. The van der Waals surface area contributed by atoms with Gasteiger partial charge >= 0.3 is 0 Å². The molecule has 4 heteroatoms. The number of ether oxygens (including phenoxy) is 1. The molecular weight excluding hydrogens is 226 g/mol. The van der Waals surface area contributed by atoms with E-state index in [2.05, 4.69) is 16.4 Å². The Kier molecular flexibility index (Phi) is 3.77. The van der Waals surface area contributed by atoms with Crippen LogP contribution in [-0.4, -0.2) is 11.6 Å². The molecule has 1 aromatic heterocycles. The van der Waals surface area contributed by atoms with Crippen LogP contribution in [0.5, 0.6) is 5.75 Å². The van der Waals surface area contributed by atoms with E-state index in [0.717, 1.165) is 11.4 Å². The van der Waals surface area contributed by atoms with Gasteiger partial charge in [0.05, 0.1) is 24.1 Å². The number of nitrogens with one attached hydrogen (secondary N) is 1. The Balaban J connectivity index is 2.23. The fourth-order valence-corrected chi connectivity index (χ4v) is 1.58. The topological polar surface area (TPSA) is 57.9 Å². The van der Waals surface area contributed by atoms with E-state index in [1.165, 1.54) is 0 Å². The van der Waals surface area contributed by atoms with Gasteiger partial charge in [0.25, 0.3) is 0 Å². The molecule has 0 unspecified atom stereocenters. The number of nitriles is 1. The lowest BCUT2D eigenvalue weighted by Gasteiger charge is -2.09. The van der Waals surface area contributed by atoms with Crippen molar-refractivity contribution < 1.29 is 4.74 Å². The highest BCUT2D eigenvalue weighted by Crippen LogP contribution is 2.22. The number of pyridine rings is 1. The van der Waals surface area contributed by atoms with E-state index in [0.29, 0.717) is 17.9 Å². The van der Waals surface area contributed by atoms with Crippen LogP contribution in [0.2, 0.25) is 0 Å². The summed E-state index contributed by atoms with van der Waals surface area (Å²) in [5, 5.41) is 12.2. The lowest BCUT2D eigenvalue weighted by Crippen LogP contribution is -1.96. The maximum atomic E-state index is 8.99. The van der Waals surface area contributed by atoms with Gasteiger partial charge in [-0.2, -0.15) is 5.26 Å². The summed E-state index contributed by atoms with van der Waals surface area (Å²) in [5.74, 6) is 0.796. The van der Waals surface area contributed by atoms with Crippen LogP contribution < -0.4 is 10.1 Å². The molecule has 0 amide bonds. The van der Waals surface area contributed by atoms with Crippen LogP contribution in [0.4, 0.5) is 11.4 Å². The molecule has 0 radical (unpaired) electrons. The third-order valence-electron chi connectivity index (χ3n) is 2.37. The molecule has 0 bridgehead atoms. The number of aromatic nitrogens is 1. The highest BCUT2D eigenvalue weighted by atomic mass is 16.5. The minimum absolute atomic E-state index is 0.562. The van der Waals surface area contributed by atoms with E-state index in [-0.39, 0.29) is 0 Å². The summed E-state index contributed by atoms with van der Waals surface area (Å²) in [7, 11) is 0. The summed E-state index contributed by atoms with van der Waals surface area (Å²) in [4.78, 5) is 4.00. The summed E-state index contributed by atoms with van der Waals surface area (Å²) in [6.45, 7) is 2.56. The largest absolute Gasteiger partial charge is 0.494 e. The number of benzene rings is 1. The van der Waals surface area contributed by atoms with Gasteiger partial charge in [-0.05, 0) is 25.1 Å². The SMILES string of the molecule is CCOc1cccc(Nc2cnccc2C#N)c1. The zero-order valence-corrected chi connectivity index (χ0v) is 10.1. The Bertz CT molecular complexity index is 575. The van der Waals surface area contributed by atoms with Gasteiger partial charge in [-0.3, -0.25) is 4.98 Å². The molecule has 0 spiro atoms. The zero-order chi connectivity index (χ0) is 12.8. The fraction of sp³-hybridized carbons (Fsp3) is 0.143. The predicted octanol–water partition coefficient (Wildman–Crippen LogP) is 3.10. The maximum Gasteiger partial charge on any atom is 0.121 e. The number of rotatable bonds is 4. The van der Waals surface area contributed by atoms with Gasteiger partial charge in [0.15, 0.2) is 0 Å². The van der Waals surface area contributed by atoms with Crippen LogP contribution >= 0.6 is 0 Å². The van der Waals surface area contributed by atoms with E-state index < -0.39 is 0 Å². The molecule has 90 valence electrons. The summed E-state index contributed by atoms with van der Waals surface area (Å²) >= 11 is 0. The van der Waals surface area contributed by atoms with Crippen molar-refractivity contribution in [2.45, 2.75) is 6.92 Å². The molecule has 18 heavy (non-hydrogen) atoms. The second-order valence-electron chi connectivity index (χ2n) is 3.62. The Morgan fingerprint density at radius 1 is 1.39 bits per heavy atom. The van der Waals surface area contributed by atoms with Gasteiger partial charge < -0.3 is 10.1 Å². The highest BCUT2D eigenvalue weighted by molar-refractivity contribution is 5.66. The van der Waals surface area contributed by atoms with Crippen LogP contribution in [0.15, 0.2) is 42.7 Å². The van der Waals surface area contributed by atoms with Crippen LogP contribution in [0.25, 0.3) is 0 Å². The van der Waals surface area contributed by atoms with E-state index in [9.17, 15) is 0 Å². The summed E-state index contributed by atoms with van der Waals surface area (Å²) in [5.41, 5.74) is 2.12. The molecule has 2 aromatic rings. The first-order valence-electron chi connectivity index (χ1n) is 5.67. The number of hydrogen-bond acceptors (Lipinski definition) is 4. The van der Waals surface area contributed by atoms with Crippen molar-refractivity contribution in [3.63, 3.8) is 0 Å². The first-order valence-corrected chi connectivity index (χ1v) is 5.67. The molecule has 2 rings (SSSR count). The molecule has 0 aliphatic rings. The average molecular weight is 239 g/mol. The Morgan fingerprint density at radius 2 is 2.28 bits per heavy atom. The third kappa shape index (κ3) is 2.77. The van der Waals surface area contributed by atoms with Gasteiger partial charge in [-0.1, -0.05) is 6.07 Å². The van der Waals surface area contributed by atoms with Gasteiger partial charge in [0.2, 0.25) is 0 Å². The van der Waals surface area contributed by atoms with Gasteiger partial charge in [0, 0.05) is 18.0 Å². The predicted molar refractivity (Wildman–Crippen MR) is 69.8 cm³/mol. The van der Waals surface area contributed by atoms with Crippen LogP contribution in [0.3, 0.4) is 0 Å². The smallest absolute Gasteiger partial charge is 0.121 e. The monoisotopic (exact) mass is 239 g/mol. The van der Waals surface area contributed by atoms with Crippen molar-refractivity contribution in [1.29, 1.82) is 5.26 Å². The summed E-state index contributed by atoms with van der Waals surface area (Å²) < 4.78 is 5.42. The van der Waals surface area contributed by atoms with Crippen molar-refractivity contribution in [2.24, 2.45) is 0 Å². The van der Waals surface area contributed by atoms with Crippen LogP contribution in [-0.2, 0) is 0 Å². The lowest BCUT2D eigenvalue weighted by atomic mass is 10.2. The van der Waals surface area contributed by atoms with Crippen molar-refractivity contribution in [3.05, 3.63) is 48.3 Å². The van der Waals surface area contributed by atoms with Gasteiger partial charge in [0.1, 0.15) is 11.8 Å². The van der Waals surface area contributed by atoms with E-state index in [4.69, 9.17) is 10.00 Å². The van der Waals surface area contributed by atoms with Crippen LogP contribution in [0.1, 0.15) is 12.5 Å². The molecule has 1 aromatic carbocycles. The Hall–Kier alpha value is -2.54. The average Bonchev–Trinajstić information content (AvgIpc) is 2.40. The van der Waals surface area contributed by atoms with E-state index in [1.807, 2.05) is 31.2 Å². The number of anilines is 2. The lowest BCUT2D eigenvalue weighted by molar-refractivity contribution is 0.340. The number of nitrogens with zero attached hydrogens (tertiary/aromatic N) is 2. The molecule has 0 aliphatic carbocycles.